The van der Waals surface area contributed by atoms with Gasteiger partial charge in [0.15, 0.2) is 0 Å². The largest absolute Gasteiger partial charge is 0.495 e. The molecule has 0 bridgehead atoms. The molecule has 2 atom stereocenters. The molecule has 0 aliphatic carbocycles. The maximum absolute atomic E-state index is 6.42. The van der Waals surface area contributed by atoms with Gasteiger partial charge in [-0.25, -0.2) is 0 Å². The summed E-state index contributed by atoms with van der Waals surface area (Å²) in [7, 11) is 1.56. The minimum absolute atomic E-state index is 0.120. The van der Waals surface area contributed by atoms with Crippen LogP contribution in [0.4, 0.5) is 0 Å². The Hall–Kier alpha value is -0.110. The second kappa shape index (κ2) is 6.72. The van der Waals surface area contributed by atoms with E-state index in [2.05, 4.69) is 13.8 Å². The molecule has 0 saturated carbocycles. The van der Waals surface area contributed by atoms with Gasteiger partial charge in [0.05, 0.1) is 17.5 Å². The number of halogens is 3. The van der Waals surface area contributed by atoms with Gasteiger partial charge in [0, 0.05) is 11.1 Å². The van der Waals surface area contributed by atoms with Crippen molar-refractivity contribution in [2.45, 2.75) is 32.1 Å². The molecule has 0 saturated heterocycles. The molecule has 0 aromatic heterocycles. The molecule has 0 heterocycles. The highest BCUT2D eigenvalue weighted by Crippen LogP contribution is 2.40. The molecule has 0 fully saturated rings. The van der Waals surface area contributed by atoms with Gasteiger partial charge in [0.25, 0.3) is 0 Å². The third-order valence-corrected chi connectivity index (χ3v) is 4.10. The van der Waals surface area contributed by atoms with E-state index in [9.17, 15) is 0 Å². The number of ether oxygens (including phenoxy) is 1. The van der Waals surface area contributed by atoms with Gasteiger partial charge >= 0.3 is 0 Å². The molecule has 0 aliphatic heterocycles. The predicted molar refractivity (Wildman–Crippen MR) is 75.7 cm³/mol. The topological polar surface area (TPSA) is 9.23 Å². The predicted octanol–water partition coefficient (Wildman–Crippen LogP) is 5.72. The van der Waals surface area contributed by atoms with Gasteiger partial charge in [-0.15, -0.1) is 11.6 Å². The Labute approximate surface area is 118 Å². The summed E-state index contributed by atoms with van der Waals surface area (Å²) in [5.74, 6) is 0.941. The maximum atomic E-state index is 6.42. The number of rotatable bonds is 5. The number of methoxy groups -OCH3 is 1. The zero-order chi connectivity index (χ0) is 13.0. The SMILES string of the molecule is CCCC(C)C(Cl)c1cc(Cl)c(OC)cc1Cl. The molecule has 1 rings (SSSR count). The first-order chi connectivity index (χ1) is 8.01. The lowest BCUT2D eigenvalue weighted by molar-refractivity contribution is 0.414. The first-order valence-electron chi connectivity index (χ1n) is 5.68. The monoisotopic (exact) mass is 294 g/mol. The first kappa shape index (κ1) is 14.9. The van der Waals surface area contributed by atoms with E-state index in [4.69, 9.17) is 39.5 Å². The molecule has 17 heavy (non-hydrogen) atoms. The summed E-state index contributed by atoms with van der Waals surface area (Å²) in [6.07, 6.45) is 2.17. The summed E-state index contributed by atoms with van der Waals surface area (Å²) in [4.78, 5) is 0. The number of hydrogen-bond donors (Lipinski definition) is 0. The van der Waals surface area contributed by atoms with Crippen molar-refractivity contribution in [2.24, 2.45) is 5.92 Å². The lowest BCUT2D eigenvalue weighted by Gasteiger charge is -2.19. The van der Waals surface area contributed by atoms with Gasteiger partial charge in [0.2, 0.25) is 0 Å². The fraction of sp³-hybridized carbons (Fsp3) is 0.538. The Bertz CT molecular complexity index is 379. The van der Waals surface area contributed by atoms with Crippen molar-refractivity contribution in [1.29, 1.82) is 0 Å². The quantitative estimate of drug-likeness (QED) is 0.631. The normalized spacial score (nSPS) is 14.5. The van der Waals surface area contributed by atoms with Crippen LogP contribution in [0.3, 0.4) is 0 Å². The van der Waals surface area contributed by atoms with Crippen LogP contribution in [0.2, 0.25) is 10.0 Å². The first-order valence-corrected chi connectivity index (χ1v) is 6.87. The summed E-state index contributed by atoms with van der Waals surface area (Å²) in [6.45, 7) is 4.26. The van der Waals surface area contributed by atoms with Crippen molar-refractivity contribution < 1.29 is 4.74 Å². The van der Waals surface area contributed by atoms with E-state index >= 15 is 0 Å². The zero-order valence-electron chi connectivity index (χ0n) is 10.3. The van der Waals surface area contributed by atoms with E-state index < -0.39 is 0 Å². The smallest absolute Gasteiger partial charge is 0.138 e. The molecule has 0 spiro atoms. The van der Waals surface area contributed by atoms with Crippen molar-refractivity contribution in [3.63, 3.8) is 0 Å². The summed E-state index contributed by atoms with van der Waals surface area (Å²) in [5.41, 5.74) is 0.875. The summed E-state index contributed by atoms with van der Waals surface area (Å²) in [5, 5.41) is 1.03. The Kier molecular flexibility index (Phi) is 5.91. The van der Waals surface area contributed by atoms with Crippen LogP contribution in [-0.2, 0) is 0 Å². The van der Waals surface area contributed by atoms with Crippen LogP contribution in [0.25, 0.3) is 0 Å². The standard InChI is InChI=1S/C13H17Cl3O/c1-4-5-8(2)13(16)9-6-11(15)12(17-3)7-10(9)14/h6-8,13H,4-5H2,1-3H3. The van der Waals surface area contributed by atoms with Crippen LogP contribution in [0.1, 0.15) is 37.6 Å². The van der Waals surface area contributed by atoms with Gasteiger partial charge in [-0.3, -0.25) is 0 Å². The Balaban J connectivity index is 3.01. The third kappa shape index (κ3) is 3.67. The second-order valence-electron chi connectivity index (χ2n) is 4.18. The summed E-state index contributed by atoms with van der Waals surface area (Å²) >= 11 is 18.7. The molecule has 0 amide bonds. The average molecular weight is 296 g/mol. The number of alkyl halides is 1. The van der Waals surface area contributed by atoms with E-state index in [1.165, 1.54) is 0 Å². The highest BCUT2D eigenvalue weighted by atomic mass is 35.5. The lowest BCUT2D eigenvalue weighted by atomic mass is 9.96. The molecule has 96 valence electrons. The molecular formula is C13H17Cl3O. The van der Waals surface area contributed by atoms with Crippen molar-refractivity contribution in [2.75, 3.05) is 7.11 Å². The van der Waals surface area contributed by atoms with E-state index in [0.29, 0.717) is 21.7 Å². The van der Waals surface area contributed by atoms with Crippen molar-refractivity contribution in [1.82, 2.24) is 0 Å². The van der Waals surface area contributed by atoms with E-state index in [1.807, 2.05) is 0 Å². The molecule has 2 unspecified atom stereocenters. The number of hydrogen-bond acceptors (Lipinski definition) is 1. The molecule has 1 aromatic rings. The van der Waals surface area contributed by atoms with E-state index in [-0.39, 0.29) is 5.38 Å². The Morgan fingerprint density at radius 2 is 1.88 bits per heavy atom. The van der Waals surface area contributed by atoms with Gasteiger partial charge in [-0.2, -0.15) is 0 Å². The fourth-order valence-electron chi connectivity index (χ4n) is 1.82. The van der Waals surface area contributed by atoms with Crippen LogP contribution in [-0.4, -0.2) is 7.11 Å². The van der Waals surface area contributed by atoms with Crippen molar-refractivity contribution >= 4 is 34.8 Å². The van der Waals surface area contributed by atoms with Crippen LogP contribution >= 0.6 is 34.8 Å². The van der Waals surface area contributed by atoms with Crippen LogP contribution in [0, 0.1) is 5.92 Å². The highest BCUT2D eigenvalue weighted by Gasteiger charge is 2.20. The minimum Gasteiger partial charge on any atom is -0.495 e. The molecule has 1 nitrogen and oxygen atoms in total. The second-order valence-corrected chi connectivity index (χ2v) is 5.46. The van der Waals surface area contributed by atoms with Gasteiger partial charge in [0.1, 0.15) is 5.75 Å². The number of benzene rings is 1. The Morgan fingerprint density at radius 1 is 1.24 bits per heavy atom. The molecule has 0 radical (unpaired) electrons. The van der Waals surface area contributed by atoms with Gasteiger partial charge < -0.3 is 4.74 Å². The summed E-state index contributed by atoms with van der Waals surface area (Å²) in [6, 6.07) is 3.51. The molecule has 4 heteroatoms. The zero-order valence-corrected chi connectivity index (χ0v) is 12.5. The fourth-order valence-corrected chi connectivity index (χ4v) is 2.70. The van der Waals surface area contributed by atoms with Crippen molar-refractivity contribution in [3.8, 4) is 5.75 Å². The molecule has 1 aromatic carbocycles. The third-order valence-electron chi connectivity index (χ3n) is 2.81. The van der Waals surface area contributed by atoms with E-state index in [1.54, 1.807) is 19.2 Å². The van der Waals surface area contributed by atoms with Gasteiger partial charge in [-0.1, -0.05) is 43.5 Å². The highest BCUT2D eigenvalue weighted by molar-refractivity contribution is 6.35. The van der Waals surface area contributed by atoms with Crippen molar-refractivity contribution in [3.05, 3.63) is 27.7 Å². The molecule has 0 N–H and O–H groups in total. The van der Waals surface area contributed by atoms with Crippen LogP contribution in [0.5, 0.6) is 5.75 Å². The van der Waals surface area contributed by atoms with Gasteiger partial charge in [-0.05, 0) is 24.0 Å². The van der Waals surface area contributed by atoms with Crippen LogP contribution in [0.15, 0.2) is 12.1 Å². The minimum atomic E-state index is -0.120. The maximum Gasteiger partial charge on any atom is 0.138 e. The Morgan fingerprint density at radius 3 is 2.41 bits per heavy atom. The van der Waals surface area contributed by atoms with E-state index in [0.717, 1.165) is 18.4 Å². The van der Waals surface area contributed by atoms with Crippen LogP contribution < -0.4 is 4.74 Å². The molecular weight excluding hydrogens is 279 g/mol. The lowest BCUT2D eigenvalue weighted by Crippen LogP contribution is -2.04. The summed E-state index contributed by atoms with van der Waals surface area (Å²) < 4.78 is 5.11. The average Bonchev–Trinajstić information content (AvgIpc) is 2.31. The molecule has 0 aliphatic rings.